The van der Waals surface area contributed by atoms with Crippen LogP contribution >= 0.6 is 22.9 Å². The zero-order valence-electron chi connectivity index (χ0n) is 15.2. The van der Waals surface area contributed by atoms with Crippen LogP contribution in [0.4, 0.5) is 0 Å². The number of hydrogen-bond donors (Lipinski definition) is 1. The van der Waals surface area contributed by atoms with Crippen LogP contribution in [0.15, 0.2) is 45.3 Å². The Kier molecular flexibility index (Phi) is 5.37. The lowest BCUT2D eigenvalue weighted by molar-refractivity contribution is -0.122. The molecule has 28 heavy (non-hydrogen) atoms. The third-order valence-corrected chi connectivity index (χ3v) is 6.26. The highest BCUT2D eigenvalue weighted by molar-refractivity contribution is 7.17. The molecule has 0 radical (unpaired) electrons. The van der Waals surface area contributed by atoms with Crippen LogP contribution < -0.4 is 16.6 Å². The Hall–Kier alpha value is -2.38. The third kappa shape index (κ3) is 3.64. The maximum absolute atomic E-state index is 13.1. The van der Waals surface area contributed by atoms with E-state index in [1.807, 2.05) is 0 Å². The number of fused-ring (bicyclic) bond motifs is 1. The molecule has 0 unspecified atom stereocenters. The Balaban J connectivity index is 1.74. The van der Waals surface area contributed by atoms with E-state index in [1.54, 1.807) is 35.7 Å². The number of thiophene rings is 1. The van der Waals surface area contributed by atoms with Gasteiger partial charge in [-0.2, -0.15) is 0 Å². The number of nitrogens with one attached hydrogen (secondary N) is 1. The van der Waals surface area contributed by atoms with Gasteiger partial charge in [0.25, 0.3) is 5.56 Å². The molecule has 1 N–H and O–H groups in total. The van der Waals surface area contributed by atoms with Gasteiger partial charge in [0.1, 0.15) is 11.2 Å². The van der Waals surface area contributed by atoms with Gasteiger partial charge >= 0.3 is 5.69 Å². The van der Waals surface area contributed by atoms with Crippen molar-refractivity contribution < 1.29 is 4.79 Å². The number of carbonyl (C=O) groups excluding carboxylic acids is 1. The topological polar surface area (TPSA) is 73.1 Å². The summed E-state index contributed by atoms with van der Waals surface area (Å²) < 4.78 is 2.92. The molecule has 2 heterocycles. The molecule has 0 atom stereocenters. The van der Waals surface area contributed by atoms with E-state index in [0.717, 1.165) is 30.3 Å². The second-order valence-electron chi connectivity index (χ2n) is 7.02. The standard InChI is InChI=1S/C20H20ClN3O3S/c21-13-6-8-15(9-7-13)24-19(26)18-16(10-11-28-18)23(20(24)27)12-17(25)22-14-4-2-1-3-5-14/h6-11,14H,1-5,12H2,(H,22,25). The van der Waals surface area contributed by atoms with Crippen molar-refractivity contribution in [2.24, 2.45) is 0 Å². The predicted molar refractivity (Wildman–Crippen MR) is 112 cm³/mol. The summed E-state index contributed by atoms with van der Waals surface area (Å²) in [4.78, 5) is 38.6. The predicted octanol–water partition coefficient (Wildman–Crippen LogP) is 3.32. The lowest BCUT2D eigenvalue weighted by atomic mass is 9.95. The Morgan fingerprint density at radius 2 is 1.82 bits per heavy atom. The minimum absolute atomic E-state index is 0.115. The summed E-state index contributed by atoms with van der Waals surface area (Å²) >= 11 is 7.19. The van der Waals surface area contributed by atoms with E-state index in [0.29, 0.717) is 20.9 Å². The smallest absolute Gasteiger partial charge is 0.336 e. The van der Waals surface area contributed by atoms with Crippen LogP contribution in [0.1, 0.15) is 32.1 Å². The summed E-state index contributed by atoms with van der Waals surface area (Å²) in [6, 6.07) is 8.37. The molecule has 3 aromatic rings. The molecule has 0 spiro atoms. The Morgan fingerprint density at radius 3 is 2.54 bits per heavy atom. The molecule has 1 amide bonds. The van der Waals surface area contributed by atoms with Gasteiger partial charge in [-0.3, -0.25) is 14.2 Å². The monoisotopic (exact) mass is 417 g/mol. The minimum atomic E-state index is -0.531. The molecule has 0 aliphatic heterocycles. The largest absolute Gasteiger partial charge is 0.352 e. The SMILES string of the molecule is O=C(Cn1c(=O)n(-c2ccc(Cl)cc2)c(=O)c2sccc21)NC1CCCCC1. The van der Waals surface area contributed by atoms with Crippen molar-refractivity contribution in [2.75, 3.05) is 0 Å². The minimum Gasteiger partial charge on any atom is -0.352 e. The van der Waals surface area contributed by atoms with E-state index in [2.05, 4.69) is 5.32 Å². The summed E-state index contributed by atoms with van der Waals surface area (Å²) in [5.74, 6) is -0.206. The van der Waals surface area contributed by atoms with Crippen LogP contribution in [-0.4, -0.2) is 21.1 Å². The highest BCUT2D eigenvalue weighted by Gasteiger charge is 2.20. The molecule has 2 aromatic heterocycles. The van der Waals surface area contributed by atoms with E-state index >= 15 is 0 Å². The number of aromatic nitrogens is 2. The molecule has 1 aromatic carbocycles. The fourth-order valence-electron chi connectivity index (χ4n) is 3.72. The normalized spacial score (nSPS) is 15.0. The summed E-state index contributed by atoms with van der Waals surface area (Å²) in [5, 5.41) is 5.30. The Bertz CT molecular complexity index is 1120. The van der Waals surface area contributed by atoms with Crippen molar-refractivity contribution in [1.82, 2.24) is 14.5 Å². The van der Waals surface area contributed by atoms with Crippen molar-refractivity contribution in [3.63, 3.8) is 0 Å². The van der Waals surface area contributed by atoms with Crippen LogP contribution in [0.3, 0.4) is 0 Å². The molecule has 1 aliphatic rings. The summed E-state index contributed by atoms with van der Waals surface area (Å²) in [5.41, 5.74) is -0.00146. The van der Waals surface area contributed by atoms with E-state index in [4.69, 9.17) is 11.6 Å². The van der Waals surface area contributed by atoms with Gasteiger partial charge in [-0.15, -0.1) is 11.3 Å². The van der Waals surface area contributed by atoms with Gasteiger partial charge in [0.05, 0.1) is 11.2 Å². The van der Waals surface area contributed by atoms with Crippen molar-refractivity contribution in [3.05, 3.63) is 61.6 Å². The fraction of sp³-hybridized carbons (Fsp3) is 0.350. The van der Waals surface area contributed by atoms with Gasteiger partial charge in [-0.25, -0.2) is 9.36 Å². The molecule has 146 valence electrons. The molecule has 8 heteroatoms. The zero-order valence-corrected chi connectivity index (χ0v) is 16.8. The number of hydrogen-bond acceptors (Lipinski definition) is 4. The molecule has 1 fully saturated rings. The third-order valence-electron chi connectivity index (χ3n) is 5.11. The molecule has 1 aliphatic carbocycles. The zero-order chi connectivity index (χ0) is 19.7. The number of carbonyl (C=O) groups is 1. The molecule has 0 bridgehead atoms. The maximum atomic E-state index is 13.1. The van der Waals surface area contributed by atoms with E-state index in [1.165, 1.54) is 22.3 Å². The number of rotatable bonds is 4. The quantitative estimate of drug-likeness (QED) is 0.707. The van der Waals surface area contributed by atoms with Crippen LogP contribution in [0, 0.1) is 0 Å². The van der Waals surface area contributed by atoms with Crippen molar-refractivity contribution in [3.8, 4) is 5.69 Å². The van der Waals surface area contributed by atoms with Gasteiger partial charge < -0.3 is 5.32 Å². The average molecular weight is 418 g/mol. The van der Waals surface area contributed by atoms with Crippen molar-refractivity contribution in [1.29, 1.82) is 0 Å². The van der Waals surface area contributed by atoms with Gasteiger partial charge in [-0.1, -0.05) is 30.9 Å². The Morgan fingerprint density at radius 1 is 1.11 bits per heavy atom. The highest BCUT2D eigenvalue weighted by atomic mass is 35.5. The van der Waals surface area contributed by atoms with Crippen LogP contribution in [0.5, 0.6) is 0 Å². The average Bonchev–Trinajstić information content (AvgIpc) is 3.18. The first-order chi connectivity index (χ1) is 13.5. The molecule has 0 saturated heterocycles. The summed E-state index contributed by atoms with van der Waals surface area (Å²) in [7, 11) is 0. The van der Waals surface area contributed by atoms with E-state index in [9.17, 15) is 14.4 Å². The number of amides is 1. The summed E-state index contributed by atoms with van der Waals surface area (Å²) in [6.45, 7) is -0.115. The van der Waals surface area contributed by atoms with Gasteiger partial charge in [0, 0.05) is 11.1 Å². The molecule has 6 nitrogen and oxygen atoms in total. The first-order valence-electron chi connectivity index (χ1n) is 9.33. The first-order valence-corrected chi connectivity index (χ1v) is 10.6. The lowest BCUT2D eigenvalue weighted by Gasteiger charge is -2.23. The molecule has 4 rings (SSSR count). The Labute approximate surface area is 170 Å². The maximum Gasteiger partial charge on any atom is 0.336 e. The van der Waals surface area contributed by atoms with Crippen LogP contribution in [0.2, 0.25) is 5.02 Å². The molecular formula is C20H20ClN3O3S. The fourth-order valence-corrected chi connectivity index (χ4v) is 4.67. The number of benzene rings is 1. The molecule has 1 saturated carbocycles. The molecular weight excluding hydrogens is 398 g/mol. The summed E-state index contributed by atoms with van der Waals surface area (Å²) in [6.07, 6.45) is 5.37. The lowest BCUT2D eigenvalue weighted by Crippen LogP contribution is -2.43. The van der Waals surface area contributed by atoms with E-state index in [-0.39, 0.29) is 24.1 Å². The second kappa shape index (κ2) is 7.93. The number of halogens is 1. The van der Waals surface area contributed by atoms with Gasteiger partial charge in [-0.05, 0) is 48.6 Å². The second-order valence-corrected chi connectivity index (χ2v) is 8.38. The van der Waals surface area contributed by atoms with Crippen LogP contribution in [0.25, 0.3) is 15.9 Å². The van der Waals surface area contributed by atoms with Crippen molar-refractivity contribution >= 4 is 39.1 Å². The number of nitrogens with zero attached hydrogens (tertiary/aromatic N) is 2. The van der Waals surface area contributed by atoms with Gasteiger partial charge in [0.2, 0.25) is 5.91 Å². The van der Waals surface area contributed by atoms with Gasteiger partial charge in [0.15, 0.2) is 0 Å². The van der Waals surface area contributed by atoms with Crippen molar-refractivity contribution in [2.45, 2.75) is 44.7 Å². The highest BCUT2D eigenvalue weighted by Crippen LogP contribution is 2.19. The first kappa shape index (κ1) is 19.0. The van der Waals surface area contributed by atoms with Crippen LogP contribution in [-0.2, 0) is 11.3 Å². The van der Waals surface area contributed by atoms with E-state index < -0.39 is 5.69 Å².